The van der Waals surface area contributed by atoms with Crippen molar-refractivity contribution in [2.75, 3.05) is 0 Å². The van der Waals surface area contributed by atoms with E-state index in [1.54, 1.807) is 0 Å². The molecule has 2 aromatic carbocycles. The summed E-state index contributed by atoms with van der Waals surface area (Å²) in [6.07, 6.45) is 0. The lowest BCUT2D eigenvalue weighted by atomic mass is 10.1. The summed E-state index contributed by atoms with van der Waals surface area (Å²) in [5, 5.41) is 10.7. The molecule has 3 aromatic rings. The molecular formula is C17H7ClF2N2O3S. The maximum Gasteiger partial charge on any atom is 0.315 e. The number of thiazole rings is 1. The number of carbonyl (C=O) groups excluding carboxylic acids is 1. The number of hydrogen-bond donors (Lipinski definition) is 1. The summed E-state index contributed by atoms with van der Waals surface area (Å²) in [5.74, 6) is -2.48. The molecule has 0 fully saturated rings. The summed E-state index contributed by atoms with van der Waals surface area (Å²) in [6.45, 7) is 0. The highest BCUT2D eigenvalue weighted by atomic mass is 35.5. The molecule has 0 spiro atoms. The van der Waals surface area contributed by atoms with Gasteiger partial charge in [0.05, 0.1) is 21.6 Å². The molecular weight excluding hydrogens is 386 g/mol. The van der Waals surface area contributed by atoms with Gasteiger partial charge >= 0.3 is 4.87 Å². The van der Waals surface area contributed by atoms with E-state index in [1.165, 1.54) is 18.2 Å². The Bertz CT molecular complexity index is 1280. The van der Waals surface area contributed by atoms with Crippen LogP contribution in [0.5, 0.6) is 5.88 Å². The Labute approximate surface area is 152 Å². The molecule has 0 bridgehead atoms. The van der Waals surface area contributed by atoms with Crippen molar-refractivity contribution in [2.24, 2.45) is 4.99 Å². The zero-order valence-corrected chi connectivity index (χ0v) is 14.2. The molecule has 1 aliphatic rings. The fourth-order valence-electron chi connectivity index (χ4n) is 2.69. The lowest BCUT2D eigenvalue weighted by Gasteiger charge is -2.05. The lowest BCUT2D eigenvalue weighted by Crippen LogP contribution is -2.23. The highest BCUT2D eigenvalue weighted by molar-refractivity contribution is 7.11. The molecule has 0 saturated heterocycles. The maximum atomic E-state index is 13.6. The van der Waals surface area contributed by atoms with Gasteiger partial charge < -0.3 is 5.11 Å². The van der Waals surface area contributed by atoms with Gasteiger partial charge in [-0.1, -0.05) is 22.9 Å². The summed E-state index contributed by atoms with van der Waals surface area (Å²) in [5.41, 5.74) is 0.0647. The van der Waals surface area contributed by atoms with Crippen molar-refractivity contribution in [3.63, 3.8) is 0 Å². The molecule has 130 valence electrons. The third-order valence-corrected chi connectivity index (χ3v) is 5.08. The molecule has 0 aliphatic carbocycles. The first-order valence-corrected chi connectivity index (χ1v) is 8.40. The van der Waals surface area contributed by atoms with Gasteiger partial charge in [-0.2, -0.15) is 0 Å². The van der Waals surface area contributed by atoms with Gasteiger partial charge in [0.15, 0.2) is 0 Å². The normalized spacial score (nSPS) is 13.0. The third-order valence-electron chi connectivity index (χ3n) is 3.84. The second-order valence-electron chi connectivity index (χ2n) is 5.41. The van der Waals surface area contributed by atoms with Crippen molar-refractivity contribution in [1.29, 1.82) is 0 Å². The SMILES string of the molecule is O=C1N=c2ccc(F)cc2=C1c1sc(=O)n(-c2ccc(F)c(Cl)c2)c1O. The zero-order chi connectivity index (χ0) is 18.6. The fraction of sp³-hybridized carbons (Fsp3) is 0. The van der Waals surface area contributed by atoms with E-state index in [0.717, 1.165) is 22.8 Å². The summed E-state index contributed by atoms with van der Waals surface area (Å²) in [4.78, 5) is 27.7. The Morgan fingerprint density at radius 2 is 1.88 bits per heavy atom. The van der Waals surface area contributed by atoms with Crippen molar-refractivity contribution in [3.05, 3.63) is 78.2 Å². The van der Waals surface area contributed by atoms with Crippen LogP contribution in [0.1, 0.15) is 4.88 Å². The van der Waals surface area contributed by atoms with Gasteiger partial charge in [-0.15, -0.1) is 0 Å². The number of aromatic nitrogens is 1. The number of aromatic hydroxyl groups is 1. The van der Waals surface area contributed by atoms with Gasteiger partial charge in [-0.3, -0.25) is 9.59 Å². The van der Waals surface area contributed by atoms with E-state index >= 15 is 0 Å². The third kappa shape index (κ3) is 2.46. The van der Waals surface area contributed by atoms with E-state index < -0.39 is 28.3 Å². The number of benzene rings is 2. The van der Waals surface area contributed by atoms with E-state index in [9.17, 15) is 23.5 Å². The van der Waals surface area contributed by atoms with Crippen LogP contribution in [0.15, 0.2) is 46.2 Å². The fourth-order valence-corrected chi connectivity index (χ4v) is 3.80. The lowest BCUT2D eigenvalue weighted by molar-refractivity contribution is -0.112. The molecule has 9 heteroatoms. The Morgan fingerprint density at radius 3 is 2.62 bits per heavy atom. The molecule has 1 N–H and O–H groups in total. The van der Waals surface area contributed by atoms with E-state index in [2.05, 4.69) is 4.99 Å². The summed E-state index contributed by atoms with van der Waals surface area (Å²) >= 11 is 6.32. The standard InChI is InChI=1S/C17H7ClF2N2O3S/c18-10-6-8(2-3-11(10)20)22-16(24)14(26-17(22)25)13-9-5-7(19)1-4-12(9)21-15(13)23/h1-6,24H. The van der Waals surface area contributed by atoms with Gasteiger partial charge in [-0.25, -0.2) is 18.3 Å². The Balaban J connectivity index is 2.00. The molecule has 26 heavy (non-hydrogen) atoms. The van der Waals surface area contributed by atoms with Crippen LogP contribution in [0, 0.1) is 11.6 Å². The Morgan fingerprint density at radius 1 is 1.12 bits per heavy atom. The minimum atomic E-state index is -0.688. The number of nitrogens with zero attached hydrogens (tertiary/aromatic N) is 2. The van der Waals surface area contributed by atoms with Crippen molar-refractivity contribution >= 4 is 34.4 Å². The Kier molecular flexibility index (Phi) is 3.74. The van der Waals surface area contributed by atoms with Crippen molar-refractivity contribution < 1.29 is 18.7 Å². The van der Waals surface area contributed by atoms with E-state index in [0.29, 0.717) is 11.3 Å². The molecule has 0 unspecified atom stereocenters. The van der Waals surface area contributed by atoms with Crippen LogP contribution >= 0.6 is 22.9 Å². The van der Waals surface area contributed by atoms with E-state index in [1.807, 2.05) is 0 Å². The van der Waals surface area contributed by atoms with Gasteiger partial charge in [-0.05, 0) is 36.4 Å². The van der Waals surface area contributed by atoms with Gasteiger partial charge in [0.1, 0.15) is 16.5 Å². The number of amides is 1. The first kappa shape index (κ1) is 16.6. The van der Waals surface area contributed by atoms with Crippen LogP contribution < -0.4 is 15.4 Å². The molecule has 1 amide bonds. The van der Waals surface area contributed by atoms with E-state index in [-0.39, 0.29) is 31.7 Å². The minimum absolute atomic E-state index is 0.0476. The van der Waals surface area contributed by atoms with Gasteiger partial charge in [0.25, 0.3) is 5.91 Å². The molecule has 0 radical (unpaired) electrons. The largest absolute Gasteiger partial charge is 0.493 e. The summed E-state index contributed by atoms with van der Waals surface area (Å²) in [6, 6.07) is 7.10. The van der Waals surface area contributed by atoms with Crippen molar-refractivity contribution in [3.8, 4) is 11.6 Å². The highest BCUT2D eigenvalue weighted by Crippen LogP contribution is 2.31. The smallest absolute Gasteiger partial charge is 0.315 e. The molecule has 1 aliphatic heterocycles. The number of fused-ring (bicyclic) bond motifs is 1. The predicted octanol–water partition coefficient (Wildman–Crippen LogP) is 1.90. The number of halogens is 3. The molecule has 0 atom stereocenters. The van der Waals surface area contributed by atoms with Crippen LogP contribution in [-0.2, 0) is 4.79 Å². The van der Waals surface area contributed by atoms with Crippen LogP contribution in [-0.4, -0.2) is 15.6 Å². The van der Waals surface area contributed by atoms with Crippen LogP contribution in [0.4, 0.5) is 8.78 Å². The number of carbonyl (C=O) groups is 1. The van der Waals surface area contributed by atoms with Gasteiger partial charge in [0.2, 0.25) is 5.88 Å². The van der Waals surface area contributed by atoms with Crippen LogP contribution in [0.2, 0.25) is 5.02 Å². The molecule has 4 rings (SSSR count). The summed E-state index contributed by atoms with van der Waals surface area (Å²) in [7, 11) is 0. The monoisotopic (exact) mass is 392 g/mol. The highest BCUT2D eigenvalue weighted by Gasteiger charge is 2.27. The summed E-state index contributed by atoms with van der Waals surface area (Å²) < 4.78 is 27.8. The molecule has 2 heterocycles. The quantitative estimate of drug-likeness (QED) is 0.724. The topological polar surface area (TPSA) is 71.7 Å². The number of rotatable bonds is 2. The molecule has 0 saturated carbocycles. The second kappa shape index (κ2) is 5.86. The van der Waals surface area contributed by atoms with Gasteiger partial charge in [0, 0.05) is 5.22 Å². The first-order chi connectivity index (χ1) is 12.4. The van der Waals surface area contributed by atoms with Crippen LogP contribution in [0.3, 0.4) is 0 Å². The van der Waals surface area contributed by atoms with Crippen molar-refractivity contribution in [2.45, 2.75) is 0 Å². The molecule has 5 nitrogen and oxygen atoms in total. The predicted molar refractivity (Wildman–Crippen MR) is 91.2 cm³/mol. The van der Waals surface area contributed by atoms with Crippen molar-refractivity contribution in [1.82, 2.24) is 4.57 Å². The average molecular weight is 393 g/mol. The second-order valence-corrected chi connectivity index (χ2v) is 6.78. The molecule has 1 aromatic heterocycles. The van der Waals surface area contributed by atoms with E-state index in [4.69, 9.17) is 11.6 Å². The van der Waals surface area contributed by atoms with Crippen LogP contribution in [0.25, 0.3) is 11.3 Å². The average Bonchev–Trinajstić information content (AvgIpc) is 3.05. The minimum Gasteiger partial charge on any atom is -0.493 e. The zero-order valence-electron chi connectivity index (χ0n) is 12.7. The maximum absolute atomic E-state index is 13.6. The number of hydrogen-bond acceptors (Lipinski definition) is 4. The first-order valence-electron chi connectivity index (χ1n) is 7.20. The Hall–Kier alpha value is -2.84.